The van der Waals surface area contributed by atoms with Gasteiger partial charge in [-0.15, -0.1) is 0 Å². The quantitative estimate of drug-likeness (QED) is 0.746. The average Bonchev–Trinajstić information content (AvgIpc) is 2.34. The first-order chi connectivity index (χ1) is 9.42. The number of Topliss-reactive ketones (excluding diaryl/α,β-unsaturated/α-hetero) is 1. The molecule has 0 spiro atoms. The van der Waals surface area contributed by atoms with Gasteiger partial charge in [0.05, 0.1) is 13.2 Å². The standard InChI is InChI=1S/C15H21F2NO2/c1-11-7-12(2)9-13(8-11)14(20)3-4-18(5-6-19)10-15(16)17/h7-9,15,19H,3-6,10H2,1-2H3. The van der Waals surface area contributed by atoms with Crippen molar-refractivity contribution >= 4 is 5.78 Å². The molecule has 0 unspecified atom stereocenters. The Balaban J connectivity index is 2.60. The van der Waals surface area contributed by atoms with Crippen LogP contribution in [0.4, 0.5) is 8.78 Å². The van der Waals surface area contributed by atoms with Crippen molar-refractivity contribution in [3.63, 3.8) is 0 Å². The van der Waals surface area contributed by atoms with E-state index in [4.69, 9.17) is 5.11 Å². The van der Waals surface area contributed by atoms with Crippen molar-refractivity contribution < 1.29 is 18.7 Å². The Kier molecular flexibility index (Phi) is 6.75. The number of hydrogen-bond acceptors (Lipinski definition) is 3. The molecule has 0 aliphatic carbocycles. The maximum atomic E-state index is 12.4. The van der Waals surface area contributed by atoms with Crippen molar-refractivity contribution in [1.29, 1.82) is 0 Å². The van der Waals surface area contributed by atoms with E-state index in [0.29, 0.717) is 5.56 Å². The van der Waals surface area contributed by atoms with Crippen LogP contribution in [0.5, 0.6) is 0 Å². The van der Waals surface area contributed by atoms with Gasteiger partial charge in [0.2, 0.25) is 0 Å². The lowest BCUT2D eigenvalue weighted by molar-refractivity contribution is 0.0732. The van der Waals surface area contributed by atoms with Crippen LogP contribution < -0.4 is 0 Å². The summed E-state index contributed by atoms with van der Waals surface area (Å²) in [5.41, 5.74) is 2.63. The van der Waals surface area contributed by atoms with Crippen LogP contribution in [0.1, 0.15) is 27.9 Å². The topological polar surface area (TPSA) is 40.5 Å². The lowest BCUT2D eigenvalue weighted by Gasteiger charge is -2.20. The van der Waals surface area contributed by atoms with E-state index >= 15 is 0 Å². The monoisotopic (exact) mass is 285 g/mol. The summed E-state index contributed by atoms with van der Waals surface area (Å²) >= 11 is 0. The number of aliphatic hydroxyl groups is 1. The maximum Gasteiger partial charge on any atom is 0.251 e. The molecule has 112 valence electrons. The van der Waals surface area contributed by atoms with Gasteiger partial charge in [-0.2, -0.15) is 0 Å². The van der Waals surface area contributed by atoms with Gasteiger partial charge in [-0.3, -0.25) is 9.69 Å². The van der Waals surface area contributed by atoms with E-state index in [0.717, 1.165) is 11.1 Å². The van der Waals surface area contributed by atoms with E-state index in [9.17, 15) is 13.6 Å². The third-order valence-corrected chi connectivity index (χ3v) is 3.01. The van der Waals surface area contributed by atoms with Crippen LogP contribution in [-0.2, 0) is 0 Å². The SMILES string of the molecule is Cc1cc(C)cc(C(=O)CCN(CCO)CC(F)F)c1. The molecule has 5 heteroatoms. The number of aliphatic hydroxyl groups excluding tert-OH is 1. The van der Waals surface area contributed by atoms with Crippen molar-refractivity contribution in [2.24, 2.45) is 0 Å². The van der Waals surface area contributed by atoms with Crippen LogP contribution in [0.15, 0.2) is 18.2 Å². The summed E-state index contributed by atoms with van der Waals surface area (Å²) < 4.78 is 24.7. The van der Waals surface area contributed by atoms with Gasteiger partial charge in [-0.1, -0.05) is 17.2 Å². The summed E-state index contributed by atoms with van der Waals surface area (Å²) in [6.45, 7) is 3.61. The van der Waals surface area contributed by atoms with E-state index in [1.165, 1.54) is 4.90 Å². The van der Waals surface area contributed by atoms with Crippen molar-refractivity contribution in [3.05, 3.63) is 34.9 Å². The average molecular weight is 285 g/mol. The van der Waals surface area contributed by atoms with Crippen molar-refractivity contribution in [1.82, 2.24) is 4.90 Å². The summed E-state index contributed by atoms with van der Waals surface area (Å²) in [5, 5.41) is 8.83. The molecule has 0 amide bonds. The Labute approximate surface area is 118 Å². The number of carbonyl (C=O) groups excluding carboxylic acids is 1. The smallest absolute Gasteiger partial charge is 0.251 e. The molecule has 0 aliphatic rings. The van der Waals surface area contributed by atoms with Gasteiger partial charge in [0, 0.05) is 25.1 Å². The highest BCUT2D eigenvalue weighted by molar-refractivity contribution is 5.96. The van der Waals surface area contributed by atoms with Crippen LogP contribution in [-0.4, -0.2) is 48.5 Å². The molecule has 0 fully saturated rings. The minimum absolute atomic E-state index is 0.0611. The molecule has 0 aromatic heterocycles. The molecule has 0 bridgehead atoms. The van der Waals surface area contributed by atoms with Gasteiger partial charge in [0.25, 0.3) is 6.43 Å². The van der Waals surface area contributed by atoms with Gasteiger partial charge in [-0.05, 0) is 26.0 Å². The second-order valence-corrected chi connectivity index (χ2v) is 4.96. The Morgan fingerprint density at radius 1 is 1.20 bits per heavy atom. The molecule has 3 nitrogen and oxygen atoms in total. The fourth-order valence-electron chi connectivity index (χ4n) is 2.17. The zero-order valence-corrected chi connectivity index (χ0v) is 11.9. The van der Waals surface area contributed by atoms with Gasteiger partial charge in [0.1, 0.15) is 0 Å². The van der Waals surface area contributed by atoms with Crippen LogP contribution in [0.2, 0.25) is 0 Å². The Morgan fingerprint density at radius 2 is 1.80 bits per heavy atom. The van der Waals surface area contributed by atoms with Crippen molar-refractivity contribution in [3.8, 4) is 0 Å². The van der Waals surface area contributed by atoms with Gasteiger partial charge < -0.3 is 5.11 Å². The molecule has 0 saturated heterocycles. The molecule has 0 atom stereocenters. The molecule has 1 aromatic rings. The van der Waals surface area contributed by atoms with Gasteiger partial charge in [-0.25, -0.2) is 8.78 Å². The zero-order chi connectivity index (χ0) is 15.1. The van der Waals surface area contributed by atoms with Crippen LogP contribution in [0.3, 0.4) is 0 Å². The number of rotatable bonds is 8. The molecule has 0 saturated carbocycles. The Bertz CT molecular complexity index is 429. The largest absolute Gasteiger partial charge is 0.395 e. The first-order valence-corrected chi connectivity index (χ1v) is 6.65. The third-order valence-electron chi connectivity index (χ3n) is 3.01. The second-order valence-electron chi connectivity index (χ2n) is 4.96. The third kappa shape index (κ3) is 5.75. The zero-order valence-electron chi connectivity index (χ0n) is 11.9. The number of hydrogen-bond donors (Lipinski definition) is 1. The van der Waals surface area contributed by atoms with Gasteiger partial charge in [0.15, 0.2) is 5.78 Å². The van der Waals surface area contributed by atoms with E-state index in [-0.39, 0.29) is 31.9 Å². The number of carbonyl (C=O) groups is 1. The number of halogens is 2. The molecule has 1 aromatic carbocycles. The molecule has 0 heterocycles. The minimum Gasteiger partial charge on any atom is -0.395 e. The maximum absolute atomic E-state index is 12.4. The first kappa shape index (κ1) is 16.7. The normalized spacial score (nSPS) is 11.3. The number of alkyl halides is 2. The highest BCUT2D eigenvalue weighted by Gasteiger charge is 2.14. The lowest BCUT2D eigenvalue weighted by atomic mass is 10.0. The Morgan fingerprint density at radius 3 is 2.30 bits per heavy atom. The highest BCUT2D eigenvalue weighted by Crippen LogP contribution is 2.11. The Hall–Kier alpha value is -1.33. The first-order valence-electron chi connectivity index (χ1n) is 6.65. The summed E-state index contributed by atoms with van der Waals surface area (Å²) in [6.07, 6.45) is -2.28. The van der Waals surface area contributed by atoms with E-state index in [1.54, 1.807) is 12.1 Å². The van der Waals surface area contributed by atoms with Crippen molar-refractivity contribution in [2.75, 3.05) is 26.2 Å². The predicted octanol–water partition coefficient (Wildman–Crippen LogP) is 2.44. The van der Waals surface area contributed by atoms with Crippen LogP contribution in [0.25, 0.3) is 0 Å². The summed E-state index contributed by atoms with van der Waals surface area (Å²) in [4.78, 5) is 13.5. The number of ketones is 1. The highest BCUT2D eigenvalue weighted by atomic mass is 19.3. The summed E-state index contributed by atoms with van der Waals surface area (Å²) in [7, 11) is 0. The van der Waals surface area contributed by atoms with Crippen LogP contribution in [0, 0.1) is 13.8 Å². The molecule has 1 N–H and O–H groups in total. The second kappa shape index (κ2) is 8.07. The molecule has 0 aliphatic heterocycles. The predicted molar refractivity (Wildman–Crippen MR) is 74.4 cm³/mol. The number of benzene rings is 1. The summed E-state index contributed by atoms with van der Waals surface area (Å²) in [6, 6.07) is 5.59. The van der Waals surface area contributed by atoms with Gasteiger partial charge >= 0.3 is 0 Å². The molecule has 20 heavy (non-hydrogen) atoms. The number of nitrogens with zero attached hydrogens (tertiary/aromatic N) is 1. The molecule has 1 rings (SSSR count). The molecular weight excluding hydrogens is 264 g/mol. The van der Waals surface area contributed by atoms with E-state index in [1.807, 2.05) is 19.9 Å². The van der Waals surface area contributed by atoms with E-state index < -0.39 is 13.0 Å². The van der Waals surface area contributed by atoms with E-state index in [2.05, 4.69) is 0 Å². The summed E-state index contributed by atoms with van der Waals surface area (Å²) in [5.74, 6) is -0.0611. The van der Waals surface area contributed by atoms with Crippen LogP contribution >= 0.6 is 0 Å². The fourth-order valence-corrected chi connectivity index (χ4v) is 2.17. The molecular formula is C15H21F2NO2. The lowest BCUT2D eigenvalue weighted by Crippen LogP contribution is -2.33. The minimum atomic E-state index is -2.46. The number of aryl methyl sites for hydroxylation is 2. The van der Waals surface area contributed by atoms with Crippen molar-refractivity contribution in [2.45, 2.75) is 26.7 Å². The molecule has 0 radical (unpaired) electrons. The fraction of sp³-hybridized carbons (Fsp3) is 0.533.